The molecule has 0 spiro atoms. The molecule has 0 saturated carbocycles. The van der Waals surface area contributed by atoms with Gasteiger partial charge in [0.05, 0.1) is 5.52 Å². The van der Waals surface area contributed by atoms with Gasteiger partial charge >= 0.3 is 6.36 Å². The molecule has 2 aromatic rings. The van der Waals surface area contributed by atoms with Crippen molar-refractivity contribution in [3.05, 3.63) is 35.5 Å². The molecule has 0 saturated heterocycles. The number of fused-ring (bicyclic) bond motifs is 1. The van der Waals surface area contributed by atoms with Crippen molar-refractivity contribution in [2.75, 3.05) is 0 Å². The molecule has 0 aliphatic rings. The van der Waals surface area contributed by atoms with Gasteiger partial charge in [0.1, 0.15) is 5.75 Å². The topological polar surface area (TPSA) is 39.2 Å². The van der Waals surface area contributed by atoms with Gasteiger partial charge in [-0.3, -0.25) is 9.78 Å². The summed E-state index contributed by atoms with van der Waals surface area (Å²) in [5.41, 5.74) is 1.35. The van der Waals surface area contributed by atoms with E-state index < -0.39 is 6.36 Å². The first-order valence-corrected chi connectivity index (χ1v) is 5.01. The molecule has 6 heteroatoms. The van der Waals surface area contributed by atoms with E-state index in [2.05, 4.69) is 9.72 Å². The van der Waals surface area contributed by atoms with Crippen molar-refractivity contribution in [3.63, 3.8) is 0 Å². The number of carbonyl (C=O) groups is 1. The maximum absolute atomic E-state index is 12.1. The van der Waals surface area contributed by atoms with Crippen LogP contribution in [0.25, 0.3) is 10.9 Å². The number of aromatic nitrogens is 1. The van der Waals surface area contributed by atoms with Crippen LogP contribution < -0.4 is 4.74 Å². The van der Waals surface area contributed by atoms with Crippen molar-refractivity contribution in [2.24, 2.45) is 0 Å². The molecule has 1 aromatic carbocycles. The van der Waals surface area contributed by atoms with Gasteiger partial charge in [-0.1, -0.05) is 0 Å². The zero-order valence-corrected chi connectivity index (χ0v) is 9.28. The van der Waals surface area contributed by atoms with Crippen LogP contribution in [0.3, 0.4) is 0 Å². The van der Waals surface area contributed by atoms with Gasteiger partial charge in [0.2, 0.25) is 0 Å². The van der Waals surface area contributed by atoms with Gasteiger partial charge in [-0.05, 0) is 31.2 Å². The molecule has 0 amide bonds. The molecular formula is C12H8F3NO2. The molecule has 3 nitrogen and oxygen atoms in total. The average molecular weight is 255 g/mol. The van der Waals surface area contributed by atoms with Crippen LogP contribution in [-0.2, 0) is 0 Å². The lowest BCUT2D eigenvalue weighted by Gasteiger charge is -2.10. The highest BCUT2D eigenvalue weighted by atomic mass is 19.4. The summed E-state index contributed by atoms with van der Waals surface area (Å²) in [4.78, 5) is 15.0. The highest BCUT2D eigenvalue weighted by Crippen LogP contribution is 2.27. The number of halogens is 3. The van der Waals surface area contributed by atoms with E-state index in [1.54, 1.807) is 6.92 Å². The summed E-state index contributed by atoms with van der Waals surface area (Å²) < 4.78 is 40.0. The maximum atomic E-state index is 12.1. The van der Waals surface area contributed by atoms with Crippen molar-refractivity contribution in [2.45, 2.75) is 13.3 Å². The van der Waals surface area contributed by atoms with E-state index in [1.807, 2.05) is 0 Å². The van der Waals surface area contributed by atoms with Crippen LogP contribution in [0.1, 0.15) is 16.1 Å². The molecule has 0 aliphatic carbocycles. The minimum atomic E-state index is -4.76. The number of aryl methyl sites for hydroxylation is 1. The second-order valence-electron chi connectivity index (χ2n) is 3.70. The first kappa shape index (κ1) is 12.3. The Hall–Kier alpha value is -2.11. The number of alkyl halides is 3. The highest BCUT2D eigenvalue weighted by Gasteiger charge is 2.31. The van der Waals surface area contributed by atoms with Gasteiger partial charge in [-0.2, -0.15) is 0 Å². The molecule has 0 aliphatic heterocycles. The number of carbonyl (C=O) groups excluding carboxylic acids is 1. The van der Waals surface area contributed by atoms with Crippen LogP contribution in [-0.4, -0.2) is 17.6 Å². The normalized spacial score (nSPS) is 11.6. The largest absolute Gasteiger partial charge is 0.573 e. The predicted molar refractivity (Wildman–Crippen MR) is 58.6 cm³/mol. The zero-order valence-electron chi connectivity index (χ0n) is 9.28. The average Bonchev–Trinajstić information content (AvgIpc) is 2.26. The molecule has 1 heterocycles. The van der Waals surface area contributed by atoms with Crippen LogP contribution in [0.5, 0.6) is 5.75 Å². The Kier molecular flexibility index (Phi) is 2.94. The van der Waals surface area contributed by atoms with E-state index >= 15 is 0 Å². The molecule has 0 atom stereocenters. The smallest absolute Gasteiger partial charge is 0.406 e. The third-order valence-electron chi connectivity index (χ3n) is 2.30. The standard InChI is InChI=1S/C12H8F3NO2/c1-7-4-8(6-17)10-5-9(18-12(13,14)15)2-3-11(10)16-7/h2-6H,1H3. The number of ether oxygens (including phenoxy) is 1. The number of hydrogen-bond donors (Lipinski definition) is 0. The predicted octanol–water partition coefficient (Wildman–Crippen LogP) is 3.25. The number of pyridine rings is 1. The number of rotatable bonds is 2. The van der Waals surface area contributed by atoms with E-state index in [9.17, 15) is 18.0 Å². The van der Waals surface area contributed by atoms with E-state index in [0.29, 0.717) is 22.9 Å². The van der Waals surface area contributed by atoms with Crippen molar-refractivity contribution in [1.82, 2.24) is 4.98 Å². The minimum Gasteiger partial charge on any atom is -0.406 e. The number of nitrogens with zero attached hydrogens (tertiary/aromatic N) is 1. The Bertz CT molecular complexity index is 608. The summed E-state index contributed by atoms with van der Waals surface area (Å²) in [5, 5.41) is 0.331. The summed E-state index contributed by atoms with van der Waals surface area (Å²) >= 11 is 0. The number of hydrogen-bond acceptors (Lipinski definition) is 3. The fraction of sp³-hybridized carbons (Fsp3) is 0.167. The molecule has 94 valence electrons. The first-order chi connectivity index (χ1) is 8.39. The molecule has 0 radical (unpaired) electrons. The number of benzene rings is 1. The van der Waals surface area contributed by atoms with Gasteiger partial charge in [0, 0.05) is 16.6 Å². The summed E-state index contributed by atoms with van der Waals surface area (Å²) in [5.74, 6) is -0.372. The second-order valence-corrected chi connectivity index (χ2v) is 3.70. The Balaban J connectivity index is 2.56. The molecule has 2 rings (SSSR count). The van der Waals surface area contributed by atoms with Crippen LogP contribution in [0.4, 0.5) is 13.2 Å². The summed E-state index contributed by atoms with van der Waals surface area (Å²) in [6, 6.07) is 5.21. The quantitative estimate of drug-likeness (QED) is 0.773. The number of aldehydes is 1. The molecule has 0 bridgehead atoms. The van der Waals surface area contributed by atoms with Gasteiger partial charge in [-0.25, -0.2) is 0 Å². The molecule has 0 fully saturated rings. The van der Waals surface area contributed by atoms with Crippen LogP contribution in [0.15, 0.2) is 24.3 Å². The highest BCUT2D eigenvalue weighted by molar-refractivity contribution is 5.97. The van der Waals surface area contributed by atoms with Gasteiger partial charge in [-0.15, -0.1) is 13.2 Å². The van der Waals surface area contributed by atoms with Crippen molar-refractivity contribution in [3.8, 4) is 5.75 Å². The van der Waals surface area contributed by atoms with E-state index in [0.717, 1.165) is 12.1 Å². The Morgan fingerprint density at radius 2 is 2.00 bits per heavy atom. The van der Waals surface area contributed by atoms with Gasteiger partial charge in [0.25, 0.3) is 0 Å². The van der Waals surface area contributed by atoms with Gasteiger partial charge in [0.15, 0.2) is 6.29 Å². The summed E-state index contributed by atoms with van der Waals surface area (Å²) in [6.45, 7) is 1.70. The maximum Gasteiger partial charge on any atom is 0.573 e. The first-order valence-electron chi connectivity index (χ1n) is 5.01. The van der Waals surface area contributed by atoms with Crippen LogP contribution >= 0.6 is 0 Å². The molecular weight excluding hydrogens is 247 g/mol. The van der Waals surface area contributed by atoms with E-state index in [4.69, 9.17) is 0 Å². The molecule has 18 heavy (non-hydrogen) atoms. The fourth-order valence-corrected chi connectivity index (χ4v) is 1.66. The zero-order chi connectivity index (χ0) is 13.3. The molecule has 1 aromatic heterocycles. The SMILES string of the molecule is Cc1cc(C=O)c2cc(OC(F)(F)F)ccc2n1. The molecule has 0 unspecified atom stereocenters. The van der Waals surface area contributed by atoms with E-state index in [1.165, 1.54) is 12.1 Å². The summed E-state index contributed by atoms with van der Waals surface area (Å²) in [7, 11) is 0. The summed E-state index contributed by atoms with van der Waals surface area (Å²) in [6.07, 6.45) is -4.18. The Labute approximate surface area is 100 Å². The monoisotopic (exact) mass is 255 g/mol. The third-order valence-corrected chi connectivity index (χ3v) is 2.30. The minimum absolute atomic E-state index is 0.283. The Morgan fingerprint density at radius 1 is 1.28 bits per heavy atom. The van der Waals surface area contributed by atoms with Crippen LogP contribution in [0, 0.1) is 6.92 Å². The fourth-order valence-electron chi connectivity index (χ4n) is 1.66. The van der Waals surface area contributed by atoms with Gasteiger partial charge < -0.3 is 4.74 Å². The molecule has 0 N–H and O–H groups in total. The second kappa shape index (κ2) is 4.29. The van der Waals surface area contributed by atoms with Crippen LogP contribution in [0.2, 0.25) is 0 Å². The van der Waals surface area contributed by atoms with E-state index in [-0.39, 0.29) is 11.3 Å². The lowest BCUT2D eigenvalue weighted by atomic mass is 10.1. The Morgan fingerprint density at radius 3 is 2.61 bits per heavy atom. The third kappa shape index (κ3) is 2.58. The van der Waals surface area contributed by atoms with Crippen molar-refractivity contribution in [1.29, 1.82) is 0 Å². The van der Waals surface area contributed by atoms with Crippen molar-refractivity contribution < 1.29 is 22.7 Å². The van der Waals surface area contributed by atoms with Crippen molar-refractivity contribution >= 4 is 17.2 Å². The lowest BCUT2D eigenvalue weighted by Crippen LogP contribution is -2.17. The lowest BCUT2D eigenvalue weighted by molar-refractivity contribution is -0.274.